The van der Waals surface area contributed by atoms with Gasteiger partial charge < -0.3 is 4.42 Å². The maximum Gasteiger partial charge on any atom is 0.277 e. The molecule has 0 saturated carbocycles. The summed E-state index contributed by atoms with van der Waals surface area (Å²) >= 11 is 2.54. The molecule has 2 heterocycles. The molecule has 2 rings (SSSR count). The molecule has 0 spiro atoms. The Hall–Kier alpha value is -1.65. The summed E-state index contributed by atoms with van der Waals surface area (Å²) in [5, 5.41) is 8.74. The van der Waals surface area contributed by atoms with E-state index in [0.717, 1.165) is 23.1 Å². The van der Waals surface area contributed by atoms with Crippen LogP contribution in [0.3, 0.4) is 0 Å². The third-order valence-electron chi connectivity index (χ3n) is 2.22. The van der Waals surface area contributed by atoms with Crippen molar-refractivity contribution >= 4 is 29.4 Å². The van der Waals surface area contributed by atoms with Gasteiger partial charge in [-0.3, -0.25) is 10.2 Å². The molecular weight excluding hydrogens is 312 g/mol. The van der Waals surface area contributed by atoms with Crippen molar-refractivity contribution in [3.05, 3.63) is 23.3 Å². The fraction of sp³-hybridized carbons (Fsp3) is 0.364. The van der Waals surface area contributed by atoms with E-state index in [2.05, 4.69) is 20.2 Å². The molecule has 112 valence electrons. The zero-order valence-electron chi connectivity index (χ0n) is 11.5. The molecule has 1 amide bonds. The van der Waals surface area contributed by atoms with Gasteiger partial charge in [-0.2, -0.15) is 0 Å². The molecule has 10 heteroatoms. The minimum atomic E-state index is -0.308. The van der Waals surface area contributed by atoms with Gasteiger partial charge in [-0.05, 0) is 19.9 Å². The fourth-order valence-electron chi connectivity index (χ4n) is 1.41. The van der Waals surface area contributed by atoms with E-state index in [0.29, 0.717) is 22.0 Å². The van der Waals surface area contributed by atoms with Crippen LogP contribution in [0.1, 0.15) is 17.3 Å². The zero-order valence-corrected chi connectivity index (χ0v) is 13.1. The monoisotopic (exact) mass is 326 g/mol. The lowest BCUT2D eigenvalue weighted by molar-refractivity contribution is -0.118. The summed E-state index contributed by atoms with van der Waals surface area (Å²) in [5.41, 5.74) is 3.86. The Balaban J connectivity index is 1.89. The Morgan fingerprint density at radius 3 is 2.67 bits per heavy atom. The Labute approximate surface area is 129 Å². The Bertz CT molecular complexity index is 613. The molecule has 0 aliphatic rings. The first-order chi connectivity index (χ1) is 10.1. The highest BCUT2D eigenvalue weighted by atomic mass is 32.2. The molecule has 0 saturated heterocycles. The summed E-state index contributed by atoms with van der Waals surface area (Å²) in [5.74, 6) is 5.73. The SMILES string of the molecule is Cc1cc(C)nc(SCc2nnc(SCC(=O)NN)o2)n1. The van der Waals surface area contributed by atoms with Gasteiger partial charge in [0.2, 0.25) is 11.8 Å². The summed E-state index contributed by atoms with van der Waals surface area (Å²) in [4.78, 5) is 19.6. The van der Waals surface area contributed by atoms with Crippen molar-refractivity contribution in [3.63, 3.8) is 0 Å². The van der Waals surface area contributed by atoms with Crippen molar-refractivity contribution in [2.75, 3.05) is 5.75 Å². The van der Waals surface area contributed by atoms with Gasteiger partial charge in [0.05, 0.1) is 11.5 Å². The summed E-state index contributed by atoms with van der Waals surface area (Å²) < 4.78 is 5.40. The molecule has 0 radical (unpaired) electrons. The molecule has 0 fully saturated rings. The first kappa shape index (κ1) is 15.7. The van der Waals surface area contributed by atoms with Crippen molar-refractivity contribution in [2.45, 2.75) is 30.0 Å². The smallest absolute Gasteiger partial charge is 0.277 e. The van der Waals surface area contributed by atoms with E-state index < -0.39 is 0 Å². The quantitative estimate of drug-likeness (QED) is 0.262. The molecule has 0 aliphatic carbocycles. The lowest BCUT2D eigenvalue weighted by Gasteiger charge is -2.00. The van der Waals surface area contributed by atoms with Gasteiger partial charge in [0, 0.05) is 11.4 Å². The van der Waals surface area contributed by atoms with Crippen molar-refractivity contribution in [1.82, 2.24) is 25.6 Å². The van der Waals surface area contributed by atoms with Crippen LogP contribution in [0.15, 0.2) is 20.9 Å². The Morgan fingerprint density at radius 2 is 2.00 bits per heavy atom. The molecule has 0 atom stereocenters. The first-order valence-corrected chi connectivity index (χ1v) is 7.93. The molecular formula is C11H14N6O2S2. The first-order valence-electron chi connectivity index (χ1n) is 5.96. The highest BCUT2D eigenvalue weighted by Crippen LogP contribution is 2.22. The minimum absolute atomic E-state index is 0.130. The summed E-state index contributed by atoms with van der Waals surface area (Å²) in [6.07, 6.45) is 0. The minimum Gasteiger partial charge on any atom is -0.415 e. The molecule has 21 heavy (non-hydrogen) atoms. The van der Waals surface area contributed by atoms with Crippen LogP contribution in [0.5, 0.6) is 0 Å². The number of aromatic nitrogens is 4. The number of rotatable bonds is 6. The van der Waals surface area contributed by atoms with Crippen molar-refractivity contribution in [2.24, 2.45) is 5.84 Å². The topological polar surface area (TPSA) is 120 Å². The van der Waals surface area contributed by atoms with Crippen molar-refractivity contribution in [1.29, 1.82) is 0 Å². The van der Waals surface area contributed by atoms with Crippen LogP contribution in [0.2, 0.25) is 0 Å². The third kappa shape index (κ3) is 4.99. The third-order valence-corrected chi connectivity index (χ3v) is 3.87. The van der Waals surface area contributed by atoms with Gasteiger partial charge in [0.15, 0.2) is 5.16 Å². The second kappa shape index (κ2) is 7.38. The average molecular weight is 326 g/mol. The number of nitrogens with one attached hydrogen (secondary N) is 1. The molecule has 3 N–H and O–H groups in total. The number of nitrogens with zero attached hydrogens (tertiary/aromatic N) is 4. The van der Waals surface area contributed by atoms with Crippen LogP contribution in [0.25, 0.3) is 0 Å². The van der Waals surface area contributed by atoms with E-state index in [1.165, 1.54) is 11.8 Å². The van der Waals surface area contributed by atoms with Crippen LogP contribution in [0, 0.1) is 13.8 Å². The number of hydrogen-bond acceptors (Lipinski definition) is 9. The second-order valence-electron chi connectivity index (χ2n) is 4.04. The standard InChI is InChI=1S/C11H14N6O2S2/c1-6-3-7(2)14-10(13-6)20-5-9-16-17-11(19-9)21-4-8(18)15-12/h3H,4-5,12H2,1-2H3,(H,15,18). The van der Waals surface area contributed by atoms with E-state index in [1.807, 2.05) is 25.3 Å². The van der Waals surface area contributed by atoms with Crippen molar-refractivity contribution in [3.8, 4) is 0 Å². The molecule has 2 aromatic rings. The number of nitrogens with two attached hydrogens (primary N) is 1. The highest BCUT2D eigenvalue weighted by molar-refractivity contribution is 7.99. The van der Waals surface area contributed by atoms with Crippen LogP contribution in [0.4, 0.5) is 0 Å². The Morgan fingerprint density at radius 1 is 1.29 bits per heavy atom. The predicted octanol–water partition coefficient (Wildman–Crippen LogP) is 0.851. The maximum absolute atomic E-state index is 11.0. The zero-order chi connectivity index (χ0) is 15.2. The van der Waals surface area contributed by atoms with Crippen LogP contribution in [-0.2, 0) is 10.5 Å². The van der Waals surface area contributed by atoms with Gasteiger partial charge in [0.1, 0.15) is 0 Å². The van der Waals surface area contributed by atoms with Crippen LogP contribution < -0.4 is 11.3 Å². The summed E-state index contributed by atoms with van der Waals surface area (Å²) in [7, 11) is 0. The molecule has 0 aliphatic heterocycles. The fourth-order valence-corrected chi connectivity index (χ4v) is 2.79. The van der Waals surface area contributed by atoms with E-state index in [9.17, 15) is 4.79 Å². The summed E-state index contributed by atoms with van der Waals surface area (Å²) in [6.45, 7) is 3.84. The number of amides is 1. The highest BCUT2D eigenvalue weighted by Gasteiger charge is 2.10. The summed E-state index contributed by atoms with van der Waals surface area (Å²) in [6, 6.07) is 1.91. The largest absolute Gasteiger partial charge is 0.415 e. The van der Waals surface area contributed by atoms with Gasteiger partial charge >= 0.3 is 0 Å². The van der Waals surface area contributed by atoms with E-state index in [1.54, 1.807) is 0 Å². The number of thioether (sulfide) groups is 2. The lowest BCUT2D eigenvalue weighted by atomic mass is 10.4. The molecule has 2 aromatic heterocycles. The van der Waals surface area contributed by atoms with Gasteiger partial charge in [-0.25, -0.2) is 15.8 Å². The molecule has 0 bridgehead atoms. The van der Waals surface area contributed by atoms with Gasteiger partial charge in [-0.15, -0.1) is 10.2 Å². The van der Waals surface area contributed by atoms with Crippen molar-refractivity contribution < 1.29 is 9.21 Å². The molecule has 0 aromatic carbocycles. The van der Waals surface area contributed by atoms with Gasteiger partial charge in [-0.1, -0.05) is 23.5 Å². The lowest BCUT2D eigenvalue weighted by Crippen LogP contribution is -2.31. The normalized spacial score (nSPS) is 10.6. The maximum atomic E-state index is 11.0. The van der Waals surface area contributed by atoms with Crippen LogP contribution >= 0.6 is 23.5 Å². The van der Waals surface area contributed by atoms with Gasteiger partial charge in [0.25, 0.3) is 5.22 Å². The predicted molar refractivity (Wildman–Crippen MR) is 78.4 cm³/mol. The Kier molecular flexibility index (Phi) is 5.53. The number of carbonyl (C=O) groups is 1. The second-order valence-corrected chi connectivity index (χ2v) is 5.91. The number of hydrogen-bond donors (Lipinski definition) is 2. The number of carbonyl (C=O) groups excluding carboxylic acids is 1. The average Bonchev–Trinajstić information content (AvgIpc) is 2.89. The van der Waals surface area contributed by atoms with Crippen LogP contribution in [-0.4, -0.2) is 31.8 Å². The van der Waals surface area contributed by atoms with E-state index >= 15 is 0 Å². The van der Waals surface area contributed by atoms with E-state index in [-0.39, 0.29) is 11.7 Å². The number of hydrazine groups is 1. The van der Waals surface area contributed by atoms with E-state index in [4.69, 9.17) is 10.3 Å². The molecule has 0 unspecified atom stereocenters. The molecule has 8 nitrogen and oxygen atoms in total. The number of aryl methyl sites for hydroxylation is 2.